The summed E-state index contributed by atoms with van der Waals surface area (Å²) in [4.78, 5) is 19.3. The van der Waals surface area contributed by atoms with Crippen molar-refractivity contribution in [1.82, 2.24) is 10.2 Å². The Labute approximate surface area is 194 Å². The molecule has 0 saturated carbocycles. The van der Waals surface area contributed by atoms with Crippen molar-refractivity contribution in [3.63, 3.8) is 0 Å². The van der Waals surface area contributed by atoms with E-state index in [0.29, 0.717) is 25.5 Å². The molecule has 0 saturated heterocycles. The first-order chi connectivity index (χ1) is 13.4. The van der Waals surface area contributed by atoms with Crippen LogP contribution in [-0.2, 0) is 11.2 Å². The Morgan fingerprint density at radius 1 is 1.21 bits per heavy atom. The molecule has 2 rings (SSSR count). The molecule has 0 aliphatic rings. The maximum atomic E-state index is 11.8. The molecule has 0 atom stereocenters. The first-order valence-corrected chi connectivity index (χ1v) is 10.4. The summed E-state index contributed by atoms with van der Waals surface area (Å²) in [6.07, 6.45) is 1.45. The molecular weight excluding hydrogens is 499 g/mol. The lowest BCUT2D eigenvalue weighted by Gasteiger charge is -2.15. The number of ether oxygens (including phenoxy) is 1. The number of anilines is 1. The van der Waals surface area contributed by atoms with Crippen LogP contribution in [0.5, 0.6) is 5.75 Å². The smallest absolute Gasteiger partial charge is 0.223 e. The molecule has 29 heavy (non-hydrogen) atoms. The van der Waals surface area contributed by atoms with Crippen LogP contribution in [0.3, 0.4) is 0 Å². The number of benzene rings is 1. The van der Waals surface area contributed by atoms with Gasteiger partial charge in [-0.05, 0) is 49.6 Å². The largest absolute Gasteiger partial charge is 0.491 e. The number of hydrogen-bond donors (Lipinski definition) is 2. The first-order valence-electron chi connectivity index (χ1n) is 9.48. The van der Waals surface area contributed by atoms with Crippen molar-refractivity contribution in [2.45, 2.75) is 32.8 Å². The maximum Gasteiger partial charge on any atom is 0.223 e. The number of hydrogen-bond acceptors (Lipinski definition) is 4. The molecule has 8 heteroatoms. The summed E-state index contributed by atoms with van der Waals surface area (Å²) in [5.41, 5.74) is 0.914. The minimum atomic E-state index is 0. The highest BCUT2D eigenvalue weighted by molar-refractivity contribution is 14.0. The van der Waals surface area contributed by atoms with Crippen molar-refractivity contribution in [2.75, 3.05) is 32.5 Å². The van der Waals surface area contributed by atoms with E-state index in [2.05, 4.69) is 33.1 Å². The average Bonchev–Trinajstić information content (AvgIpc) is 3.16. The lowest BCUT2D eigenvalue weighted by atomic mass is 10.3. The number of nitrogens with one attached hydrogen (secondary N) is 2. The van der Waals surface area contributed by atoms with Gasteiger partial charge in [0.1, 0.15) is 5.75 Å². The summed E-state index contributed by atoms with van der Waals surface area (Å²) >= 11 is 1.74. The van der Waals surface area contributed by atoms with E-state index in [1.165, 1.54) is 4.88 Å². The number of nitrogens with zero attached hydrogens (tertiary/aromatic N) is 2. The molecule has 0 unspecified atom stereocenters. The van der Waals surface area contributed by atoms with E-state index in [4.69, 9.17) is 4.74 Å². The zero-order valence-corrected chi connectivity index (χ0v) is 20.6. The fourth-order valence-electron chi connectivity index (χ4n) is 2.41. The van der Waals surface area contributed by atoms with E-state index in [9.17, 15) is 4.79 Å². The lowest BCUT2D eigenvalue weighted by molar-refractivity contribution is -0.128. The summed E-state index contributed by atoms with van der Waals surface area (Å²) in [7, 11) is 3.52. The summed E-state index contributed by atoms with van der Waals surface area (Å²) in [5.74, 6) is 1.59. The number of amides is 1. The highest BCUT2D eigenvalue weighted by Gasteiger charge is 2.06. The SMILES string of the molecule is CC(C)Oc1ccc(NC(=NCCc2cccs2)NCCC(=O)N(C)C)cc1.I. The van der Waals surface area contributed by atoms with E-state index in [1.807, 2.05) is 38.1 Å². The van der Waals surface area contributed by atoms with Crippen molar-refractivity contribution in [2.24, 2.45) is 4.99 Å². The van der Waals surface area contributed by atoms with Crippen LogP contribution in [0.25, 0.3) is 0 Å². The molecule has 1 amide bonds. The van der Waals surface area contributed by atoms with E-state index in [1.54, 1.807) is 30.3 Å². The highest BCUT2D eigenvalue weighted by Crippen LogP contribution is 2.17. The van der Waals surface area contributed by atoms with Crippen molar-refractivity contribution < 1.29 is 9.53 Å². The molecule has 1 aromatic heterocycles. The number of rotatable bonds is 9. The van der Waals surface area contributed by atoms with Crippen LogP contribution < -0.4 is 15.4 Å². The molecule has 160 valence electrons. The quantitative estimate of drug-likeness (QED) is 0.290. The third-order valence-corrected chi connectivity index (χ3v) is 4.76. The van der Waals surface area contributed by atoms with Gasteiger partial charge in [-0.25, -0.2) is 0 Å². The van der Waals surface area contributed by atoms with E-state index in [0.717, 1.165) is 17.9 Å². The lowest BCUT2D eigenvalue weighted by Crippen LogP contribution is -2.34. The fourth-order valence-corrected chi connectivity index (χ4v) is 3.11. The van der Waals surface area contributed by atoms with Crippen LogP contribution in [0, 0.1) is 0 Å². The third-order valence-electron chi connectivity index (χ3n) is 3.83. The number of guanidine groups is 1. The van der Waals surface area contributed by atoms with Gasteiger partial charge >= 0.3 is 0 Å². The predicted molar refractivity (Wildman–Crippen MR) is 133 cm³/mol. The molecule has 0 aliphatic carbocycles. The third kappa shape index (κ3) is 9.98. The number of carbonyl (C=O) groups excluding carboxylic acids is 1. The van der Waals surface area contributed by atoms with Crippen LogP contribution in [0.1, 0.15) is 25.1 Å². The normalized spacial score (nSPS) is 11.0. The van der Waals surface area contributed by atoms with Crippen LogP contribution in [0.15, 0.2) is 46.8 Å². The van der Waals surface area contributed by atoms with Gasteiger partial charge in [0.15, 0.2) is 5.96 Å². The van der Waals surface area contributed by atoms with Gasteiger partial charge in [-0.3, -0.25) is 9.79 Å². The van der Waals surface area contributed by atoms with Crippen molar-refractivity contribution >= 4 is 52.9 Å². The Morgan fingerprint density at radius 3 is 2.52 bits per heavy atom. The minimum Gasteiger partial charge on any atom is -0.491 e. The molecule has 1 heterocycles. The van der Waals surface area contributed by atoms with Crippen LogP contribution in [0.4, 0.5) is 5.69 Å². The topological polar surface area (TPSA) is 66.0 Å². The summed E-state index contributed by atoms with van der Waals surface area (Å²) in [6, 6.07) is 11.9. The molecular formula is C21H31IN4O2S. The van der Waals surface area contributed by atoms with Gasteiger partial charge in [0.25, 0.3) is 0 Å². The zero-order valence-electron chi connectivity index (χ0n) is 17.5. The predicted octanol–water partition coefficient (Wildman–Crippen LogP) is 4.23. The van der Waals surface area contributed by atoms with Crippen LogP contribution in [-0.4, -0.2) is 50.1 Å². The minimum absolute atomic E-state index is 0. The van der Waals surface area contributed by atoms with Crippen LogP contribution in [0.2, 0.25) is 0 Å². The number of halogens is 1. The Morgan fingerprint density at radius 2 is 1.93 bits per heavy atom. The first kappa shape index (κ1) is 25.2. The van der Waals surface area contributed by atoms with Crippen molar-refractivity contribution in [3.8, 4) is 5.75 Å². The van der Waals surface area contributed by atoms with Crippen LogP contribution >= 0.6 is 35.3 Å². The van der Waals surface area contributed by atoms with Gasteiger partial charge in [0.05, 0.1) is 6.10 Å². The monoisotopic (exact) mass is 530 g/mol. The van der Waals surface area contributed by atoms with Gasteiger partial charge in [-0.15, -0.1) is 35.3 Å². The van der Waals surface area contributed by atoms with Crippen molar-refractivity contribution in [3.05, 3.63) is 46.7 Å². The molecule has 0 fully saturated rings. The molecule has 1 aromatic carbocycles. The van der Waals surface area contributed by atoms with Gasteiger partial charge in [0.2, 0.25) is 5.91 Å². The second-order valence-electron chi connectivity index (χ2n) is 6.84. The molecule has 0 radical (unpaired) electrons. The van der Waals surface area contributed by atoms with Crippen molar-refractivity contribution in [1.29, 1.82) is 0 Å². The summed E-state index contributed by atoms with van der Waals surface area (Å²) < 4.78 is 5.68. The second-order valence-corrected chi connectivity index (χ2v) is 7.87. The fraction of sp³-hybridized carbons (Fsp3) is 0.429. The van der Waals surface area contributed by atoms with E-state index >= 15 is 0 Å². The Hall–Kier alpha value is -1.81. The molecule has 6 nitrogen and oxygen atoms in total. The van der Waals surface area contributed by atoms with Gasteiger partial charge < -0.3 is 20.3 Å². The van der Waals surface area contributed by atoms with Gasteiger partial charge in [-0.2, -0.15) is 0 Å². The number of aliphatic imine (C=N–C) groups is 1. The highest BCUT2D eigenvalue weighted by atomic mass is 127. The molecule has 0 aliphatic heterocycles. The Balaban J connectivity index is 0.00000420. The molecule has 0 bridgehead atoms. The second kappa shape index (κ2) is 13.4. The summed E-state index contributed by atoms with van der Waals surface area (Å²) in [5, 5.41) is 8.62. The number of thiophene rings is 1. The number of carbonyl (C=O) groups is 1. The zero-order chi connectivity index (χ0) is 20.4. The Kier molecular flexibility index (Phi) is 11.7. The molecule has 2 N–H and O–H groups in total. The standard InChI is InChI=1S/C21H30N4O2S.HI/c1-16(2)27-18-9-7-17(8-10-18)24-21(23-14-12-20(26)25(3)4)22-13-11-19-6-5-15-28-19;/h5-10,15-16H,11-14H2,1-4H3,(H2,22,23,24);1H. The Bertz CT molecular complexity index is 747. The molecule has 0 spiro atoms. The van der Waals surface area contributed by atoms with Gasteiger partial charge in [0, 0.05) is 50.6 Å². The van der Waals surface area contributed by atoms with E-state index in [-0.39, 0.29) is 36.0 Å². The van der Waals surface area contributed by atoms with Gasteiger partial charge in [-0.1, -0.05) is 6.07 Å². The average molecular weight is 530 g/mol. The van der Waals surface area contributed by atoms with E-state index < -0.39 is 0 Å². The summed E-state index contributed by atoms with van der Waals surface area (Å²) in [6.45, 7) is 5.20. The molecule has 2 aromatic rings. The maximum absolute atomic E-state index is 11.8.